The Morgan fingerprint density at radius 1 is 1.50 bits per heavy atom. The van der Waals surface area contributed by atoms with Gasteiger partial charge in [-0.25, -0.2) is 9.78 Å². The van der Waals surface area contributed by atoms with Gasteiger partial charge >= 0.3 is 6.03 Å². The number of carbonyl (C=O) groups is 1. The van der Waals surface area contributed by atoms with Gasteiger partial charge in [-0.2, -0.15) is 4.99 Å². The second kappa shape index (κ2) is 5.11. The highest BCUT2D eigenvalue weighted by Gasteiger charge is 2.03. The van der Waals surface area contributed by atoms with Crippen LogP contribution < -0.4 is 16.4 Å². The maximum Gasteiger partial charge on any atom is 0.321 e. The Morgan fingerprint density at radius 3 is 2.81 bits per heavy atom. The molecule has 6 nitrogen and oxygen atoms in total. The van der Waals surface area contributed by atoms with Gasteiger partial charge in [0.25, 0.3) is 0 Å². The molecule has 0 bridgehead atoms. The molecule has 1 aromatic heterocycles. The summed E-state index contributed by atoms with van der Waals surface area (Å²) >= 11 is 0. The normalized spacial score (nSPS) is 11.1. The highest BCUT2D eigenvalue weighted by Crippen LogP contribution is 2.17. The first kappa shape index (κ1) is 12.0. The summed E-state index contributed by atoms with van der Waals surface area (Å²) in [7, 11) is 1.50. The molecule has 0 aliphatic rings. The zero-order valence-electron chi connectivity index (χ0n) is 9.53. The summed E-state index contributed by atoms with van der Waals surface area (Å²) in [6, 6.07) is 1.48. The lowest BCUT2D eigenvalue weighted by Crippen LogP contribution is -2.41. The van der Waals surface area contributed by atoms with Crippen LogP contribution in [0.25, 0.3) is 0 Å². The Kier molecular flexibility index (Phi) is 3.82. The van der Waals surface area contributed by atoms with Gasteiger partial charge in [0.1, 0.15) is 0 Å². The van der Waals surface area contributed by atoms with E-state index in [4.69, 9.17) is 5.73 Å². The molecule has 1 rings (SSSR count). The molecule has 0 spiro atoms. The number of hydrogen-bond donors (Lipinski definition) is 3. The molecule has 0 fully saturated rings. The number of hydrogen-bond acceptors (Lipinski definition) is 3. The molecule has 0 aliphatic carbocycles. The average molecular weight is 221 g/mol. The molecule has 0 saturated carbocycles. The van der Waals surface area contributed by atoms with Gasteiger partial charge in [0.2, 0.25) is 5.96 Å². The summed E-state index contributed by atoms with van der Waals surface area (Å²) < 4.78 is 0. The fourth-order valence-corrected chi connectivity index (χ4v) is 1.05. The third-order valence-electron chi connectivity index (χ3n) is 2.14. The monoisotopic (exact) mass is 221 g/mol. The number of carbonyl (C=O) groups excluding carboxylic acids is 1. The van der Waals surface area contributed by atoms with Crippen molar-refractivity contribution >= 4 is 17.8 Å². The molecule has 16 heavy (non-hydrogen) atoms. The molecular weight excluding hydrogens is 206 g/mol. The summed E-state index contributed by atoms with van der Waals surface area (Å²) in [5.41, 5.74) is 7.54. The van der Waals surface area contributed by atoms with Crippen molar-refractivity contribution in [3.05, 3.63) is 23.4 Å². The van der Waals surface area contributed by atoms with Crippen LogP contribution in [-0.2, 0) is 0 Å². The van der Waals surface area contributed by atoms with Gasteiger partial charge in [0, 0.05) is 13.2 Å². The third kappa shape index (κ3) is 2.94. The summed E-state index contributed by atoms with van der Waals surface area (Å²) in [6.45, 7) is 3.85. The molecule has 0 radical (unpaired) electrons. The van der Waals surface area contributed by atoms with Gasteiger partial charge < -0.3 is 11.1 Å². The van der Waals surface area contributed by atoms with Gasteiger partial charge in [-0.1, -0.05) is 0 Å². The minimum Gasteiger partial charge on any atom is -0.369 e. The van der Waals surface area contributed by atoms with E-state index in [1.165, 1.54) is 7.05 Å². The van der Waals surface area contributed by atoms with E-state index in [0.717, 1.165) is 11.1 Å². The maximum absolute atomic E-state index is 11.0. The minimum absolute atomic E-state index is 0.0144. The van der Waals surface area contributed by atoms with Crippen LogP contribution in [-0.4, -0.2) is 24.0 Å². The SMILES string of the molecule is CNC(=O)NC(N)=Nc1nccc(C)c1C. The zero-order valence-corrected chi connectivity index (χ0v) is 9.53. The molecule has 86 valence electrons. The third-order valence-corrected chi connectivity index (χ3v) is 2.14. The number of amides is 2. The predicted octanol–water partition coefficient (Wildman–Crippen LogP) is 0.574. The Morgan fingerprint density at radius 2 is 2.19 bits per heavy atom. The van der Waals surface area contributed by atoms with Crippen molar-refractivity contribution in [2.45, 2.75) is 13.8 Å². The second-order valence-corrected chi connectivity index (χ2v) is 3.28. The van der Waals surface area contributed by atoms with E-state index in [9.17, 15) is 4.79 Å². The van der Waals surface area contributed by atoms with Gasteiger partial charge in [-0.05, 0) is 31.0 Å². The fraction of sp³-hybridized carbons (Fsp3) is 0.300. The van der Waals surface area contributed by atoms with E-state index < -0.39 is 6.03 Å². The summed E-state index contributed by atoms with van der Waals surface area (Å²) in [4.78, 5) is 19.1. The summed E-state index contributed by atoms with van der Waals surface area (Å²) in [6.07, 6.45) is 1.65. The molecule has 1 aromatic rings. The van der Waals surface area contributed by atoms with E-state index in [1.807, 2.05) is 19.9 Å². The van der Waals surface area contributed by atoms with Crippen molar-refractivity contribution in [3.8, 4) is 0 Å². The first-order valence-electron chi connectivity index (χ1n) is 4.79. The molecule has 0 atom stereocenters. The highest BCUT2D eigenvalue weighted by atomic mass is 16.2. The van der Waals surface area contributed by atoms with E-state index >= 15 is 0 Å². The lowest BCUT2D eigenvalue weighted by atomic mass is 10.2. The second-order valence-electron chi connectivity index (χ2n) is 3.28. The number of nitrogens with one attached hydrogen (secondary N) is 2. The number of aryl methyl sites for hydroxylation is 1. The van der Waals surface area contributed by atoms with E-state index in [1.54, 1.807) is 6.20 Å². The van der Waals surface area contributed by atoms with Crippen molar-refractivity contribution < 1.29 is 4.79 Å². The van der Waals surface area contributed by atoms with Crippen LogP contribution in [0.15, 0.2) is 17.3 Å². The van der Waals surface area contributed by atoms with Crippen LogP contribution in [0.2, 0.25) is 0 Å². The topological polar surface area (TPSA) is 92.4 Å². The van der Waals surface area contributed by atoms with Gasteiger partial charge in [0.15, 0.2) is 5.82 Å². The fourth-order valence-electron chi connectivity index (χ4n) is 1.05. The van der Waals surface area contributed by atoms with Crippen LogP contribution >= 0.6 is 0 Å². The molecule has 0 saturated heterocycles. The largest absolute Gasteiger partial charge is 0.369 e. The van der Waals surface area contributed by atoms with Crippen molar-refractivity contribution in [3.63, 3.8) is 0 Å². The van der Waals surface area contributed by atoms with Crippen molar-refractivity contribution in [1.82, 2.24) is 15.6 Å². The van der Waals surface area contributed by atoms with Crippen molar-refractivity contribution in [2.75, 3.05) is 7.05 Å². The number of aliphatic imine (C=N–C) groups is 1. The Hall–Kier alpha value is -2.11. The van der Waals surface area contributed by atoms with Crippen LogP contribution in [0.5, 0.6) is 0 Å². The maximum atomic E-state index is 11.0. The Bertz CT molecular complexity index is 427. The Labute approximate surface area is 94.0 Å². The van der Waals surface area contributed by atoms with Crippen molar-refractivity contribution in [1.29, 1.82) is 0 Å². The van der Waals surface area contributed by atoms with Gasteiger partial charge in [-0.3, -0.25) is 5.32 Å². The summed E-state index contributed by atoms with van der Waals surface area (Å²) in [5.74, 6) is 0.523. The standard InChI is InChI=1S/C10H15N5O/c1-6-4-5-13-8(7(6)2)14-9(11)15-10(16)12-3/h4-5H,1-3H3,(H4,11,12,13,14,15,16). The zero-order chi connectivity index (χ0) is 12.1. The number of pyridine rings is 1. The highest BCUT2D eigenvalue weighted by molar-refractivity contribution is 5.96. The molecule has 2 amide bonds. The van der Waals surface area contributed by atoms with Gasteiger partial charge in [0.05, 0.1) is 0 Å². The first-order chi connectivity index (χ1) is 7.54. The molecule has 0 aliphatic heterocycles. The minimum atomic E-state index is -0.411. The van der Waals surface area contributed by atoms with E-state index in [2.05, 4.69) is 20.6 Å². The molecule has 0 unspecified atom stereocenters. The smallest absolute Gasteiger partial charge is 0.321 e. The first-order valence-corrected chi connectivity index (χ1v) is 4.79. The number of guanidine groups is 1. The Balaban J connectivity index is 2.90. The van der Waals surface area contributed by atoms with Crippen LogP contribution in [0, 0.1) is 13.8 Å². The number of aromatic nitrogens is 1. The molecule has 1 heterocycles. The van der Waals surface area contributed by atoms with Crippen molar-refractivity contribution in [2.24, 2.45) is 10.7 Å². The van der Waals surface area contributed by atoms with Gasteiger partial charge in [-0.15, -0.1) is 0 Å². The number of rotatable bonds is 1. The van der Waals surface area contributed by atoms with E-state index in [0.29, 0.717) is 5.82 Å². The predicted molar refractivity (Wildman–Crippen MR) is 62.6 cm³/mol. The van der Waals surface area contributed by atoms with Crippen LogP contribution in [0.1, 0.15) is 11.1 Å². The molecule has 0 aromatic carbocycles. The molecule has 4 N–H and O–H groups in total. The number of nitrogens with two attached hydrogens (primary N) is 1. The number of nitrogens with zero attached hydrogens (tertiary/aromatic N) is 2. The van der Waals surface area contributed by atoms with Crippen LogP contribution in [0.4, 0.5) is 10.6 Å². The lowest BCUT2D eigenvalue weighted by molar-refractivity contribution is 0.247. The number of urea groups is 1. The average Bonchev–Trinajstić information content (AvgIpc) is 2.24. The van der Waals surface area contributed by atoms with E-state index in [-0.39, 0.29) is 5.96 Å². The quantitative estimate of drug-likeness (QED) is 0.478. The lowest BCUT2D eigenvalue weighted by Gasteiger charge is -2.05. The summed E-state index contributed by atoms with van der Waals surface area (Å²) in [5, 5.41) is 4.74. The molecule has 6 heteroatoms. The molecular formula is C10H15N5O. The van der Waals surface area contributed by atoms with Crippen LogP contribution in [0.3, 0.4) is 0 Å².